The van der Waals surface area contributed by atoms with Crippen LogP contribution in [0.1, 0.15) is 44.2 Å². The molecule has 4 aromatic rings. The van der Waals surface area contributed by atoms with Crippen LogP contribution in [0.2, 0.25) is 5.15 Å². The number of benzene rings is 1. The summed E-state index contributed by atoms with van der Waals surface area (Å²) in [7, 11) is -2.08. The van der Waals surface area contributed by atoms with E-state index in [0.717, 1.165) is 25.5 Å². The van der Waals surface area contributed by atoms with Crippen molar-refractivity contribution in [1.29, 1.82) is 0 Å². The minimum atomic E-state index is -3.72. The lowest BCUT2D eigenvalue weighted by atomic mass is 10.1. The first kappa shape index (κ1) is 28.4. The maximum atomic E-state index is 14.1. The van der Waals surface area contributed by atoms with Gasteiger partial charge in [0.1, 0.15) is 16.9 Å². The first-order valence-corrected chi connectivity index (χ1v) is 15.0. The van der Waals surface area contributed by atoms with Gasteiger partial charge in [-0.3, -0.25) is 9.25 Å². The smallest absolute Gasteiger partial charge is 0.295 e. The van der Waals surface area contributed by atoms with Gasteiger partial charge in [-0.2, -0.15) is 5.10 Å². The Morgan fingerprint density at radius 1 is 1.20 bits per heavy atom. The van der Waals surface area contributed by atoms with Crippen molar-refractivity contribution in [3.63, 3.8) is 0 Å². The average molecular weight is 595 g/mol. The monoisotopic (exact) mass is 594 g/mol. The van der Waals surface area contributed by atoms with Crippen LogP contribution in [0.25, 0.3) is 22.4 Å². The van der Waals surface area contributed by atoms with Gasteiger partial charge in [0.2, 0.25) is 0 Å². The summed E-state index contributed by atoms with van der Waals surface area (Å²) in [6.45, 7) is 1.70. The third kappa shape index (κ3) is 5.97. The fraction of sp³-hybridized carbons (Fsp3) is 0.423. The number of nitrogens with one attached hydrogen (secondary N) is 1. The SMILES string of the molecule is COCCCn1ccc(-c2ccc(Nc3cc(Cl)nc4c3nc(C(F)F)n4C3CCCCO3)c(S(C)(=O)=O)c2)n1. The molecule has 0 aliphatic carbocycles. The van der Waals surface area contributed by atoms with Crippen LogP contribution in [0.5, 0.6) is 0 Å². The second-order valence-corrected chi connectivity index (χ2v) is 11.9. The molecule has 10 nitrogen and oxygen atoms in total. The maximum absolute atomic E-state index is 14.1. The number of methoxy groups -OCH3 is 1. The lowest BCUT2D eigenvalue weighted by Gasteiger charge is -2.25. The number of sulfone groups is 1. The summed E-state index contributed by atoms with van der Waals surface area (Å²) in [6, 6.07) is 8.10. The Kier molecular flexibility index (Phi) is 8.36. The molecule has 1 aromatic carbocycles. The van der Waals surface area contributed by atoms with Gasteiger partial charge in [0.25, 0.3) is 6.43 Å². The lowest BCUT2D eigenvalue weighted by molar-refractivity contribution is -0.0363. The van der Waals surface area contributed by atoms with Crippen molar-refractivity contribution >= 4 is 44.0 Å². The average Bonchev–Trinajstić information content (AvgIpc) is 3.54. The van der Waals surface area contributed by atoms with Crippen molar-refractivity contribution in [2.45, 2.75) is 49.8 Å². The Morgan fingerprint density at radius 3 is 2.73 bits per heavy atom. The van der Waals surface area contributed by atoms with E-state index >= 15 is 0 Å². The molecule has 0 bridgehead atoms. The van der Waals surface area contributed by atoms with Crippen LogP contribution in [0.3, 0.4) is 0 Å². The number of aryl methyl sites for hydroxylation is 1. The van der Waals surface area contributed by atoms with E-state index in [9.17, 15) is 17.2 Å². The van der Waals surface area contributed by atoms with E-state index < -0.39 is 28.3 Å². The molecular weight excluding hydrogens is 566 g/mol. The maximum Gasteiger partial charge on any atom is 0.295 e. The predicted octanol–water partition coefficient (Wildman–Crippen LogP) is 5.77. The summed E-state index contributed by atoms with van der Waals surface area (Å²) in [5, 5.41) is 7.63. The lowest BCUT2D eigenvalue weighted by Crippen LogP contribution is -2.20. The van der Waals surface area contributed by atoms with Crippen molar-refractivity contribution in [3.05, 3.63) is 47.5 Å². The molecule has 1 unspecified atom stereocenters. The number of ether oxygens (including phenoxy) is 2. The Morgan fingerprint density at radius 2 is 2.02 bits per heavy atom. The highest BCUT2D eigenvalue weighted by Crippen LogP contribution is 2.37. The van der Waals surface area contributed by atoms with E-state index in [-0.39, 0.29) is 32.6 Å². The van der Waals surface area contributed by atoms with Crippen LogP contribution < -0.4 is 5.32 Å². The van der Waals surface area contributed by atoms with E-state index in [2.05, 4.69) is 20.4 Å². The molecule has 0 radical (unpaired) electrons. The minimum absolute atomic E-state index is 0.00384. The number of aromatic nitrogens is 5. The number of rotatable bonds is 10. The zero-order chi connectivity index (χ0) is 28.4. The van der Waals surface area contributed by atoms with E-state index in [0.29, 0.717) is 37.4 Å². The van der Waals surface area contributed by atoms with Crippen LogP contribution in [0, 0.1) is 0 Å². The van der Waals surface area contributed by atoms with Crippen molar-refractivity contribution in [3.8, 4) is 11.3 Å². The zero-order valence-corrected chi connectivity index (χ0v) is 23.6. The van der Waals surface area contributed by atoms with E-state index in [1.165, 1.54) is 16.7 Å². The van der Waals surface area contributed by atoms with Gasteiger partial charge in [-0.25, -0.2) is 27.2 Å². The third-order valence-electron chi connectivity index (χ3n) is 6.61. The normalized spacial score (nSPS) is 16.2. The summed E-state index contributed by atoms with van der Waals surface area (Å²) in [5.74, 6) is -0.487. The van der Waals surface area contributed by atoms with E-state index in [4.69, 9.17) is 21.1 Å². The van der Waals surface area contributed by atoms with Gasteiger partial charge >= 0.3 is 0 Å². The molecule has 0 amide bonds. The molecule has 3 aromatic heterocycles. The molecule has 1 atom stereocenters. The Labute approximate surface area is 235 Å². The highest BCUT2D eigenvalue weighted by molar-refractivity contribution is 7.90. The summed E-state index contributed by atoms with van der Waals surface area (Å²) >= 11 is 6.32. The van der Waals surface area contributed by atoms with Crippen LogP contribution in [-0.4, -0.2) is 59.3 Å². The Bertz CT molecular complexity index is 1620. The van der Waals surface area contributed by atoms with Crippen molar-refractivity contribution < 1.29 is 26.7 Å². The second kappa shape index (κ2) is 11.8. The molecule has 0 spiro atoms. The van der Waals surface area contributed by atoms with E-state index in [1.54, 1.807) is 30.0 Å². The van der Waals surface area contributed by atoms with Gasteiger partial charge in [-0.05, 0) is 43.9 Å². The molecule has 1 N–H and O–H groups in total. The number of fused-ring (bicyclic) bond motifs is 1. The number of pyridine rings is 1. The molecule has 1 fully saturated rings. The van der Waals surface area contributed by atoms with Gasteiger partial charge in [-0.1, -0.05) is 17.7 Å². The van der Waals surface area contributed by atoms with Crippen LogP contribution in [0.4, 0.5) is 20.2 Å². The number of nitrogens with zero attached hydrogens (tertiary/aromatic N) is 5. The summed E-state index contributed by atoms with van der Waals surface area (Å²) in [4.78, 5) is 8.48. The Balaban J connectivity index is 1.54. The molecule has 4 heterocycles. The molecule has 0 saturated carbocycles. The third-order valence-corrected chi connectivity index (χ3v) is 7.94. The second-order valence-electron chi connectivity index (χ2n) is 9.55. The molecule has 1 aliphatic rings. The van der Waals surface area contributed by atoms with Gasteiger partial charge in [0.15, 0.2) is 21.3 Å². The Hall–Kier alpha value is -3.13. The molecular formula is C26H29ClF2N6O4S. The molecule has 40 heavy (non-hydrogen) atoms. The highest BCUT2D eigenvalue weighted by atomic mass is 35.5. The van der Waals surface area contributed by atoms with Crippen molar-refractivity contribution in [2.75, 3.05) is 31.9 Å². The van der Waals surface area contributed by atoms with Crippen LogP contribution >= 0.6 is 11.6 Å². The minimum Gasteiger partial charge on any atom is -0.385 e. The van der Waals surface area contributed by atoms with Crippen LogP contribution in [0.15, 0.2) is 41.4 Å². The predicted molar refractivity (Wildman–Crippen MR) is 147 cm³/mol. The number of imidazole rings is 1. The van der Waals surface area contributed by atoms with E-state index in [1.807, 2.05) is 6.20 Å². The van der Waals surface area contributed by atoms with Gasteiger partial charge in [0.05, 0.1) is 22.0 Å². The number of alkyl halides is 2. The largest absolute Gasteiger partial charge is 0.385 e. The van der Waals surface area contributed by atoms with Crippen molar-refractivity contribution in [1.82, 2.24) is 24.3 Å². The number of halogens is 3. The zero-order valence-electron chi connectivity index (χ0n) is 22.0. The first-order chi connectivity index (χ1) is 19.2. The quantitative estimate of drug-likeness (QED) is 0.182. The van der Waals surface area contributed by atoms with Gasteiger partial charge in [-0.15, -0.1) is 0 Å². The first-order valence-electron chi connectivity index (χ1n) is 12.8. The van der Waals surface area contributed by atoms with Crippen molar-refractivity contribution in [2.24, 2.45) is 0 Å². The summed E-state index contributed by atoms with van der Waals surface area (Å²) < 4.78 is 67.7. The molecule has 1 aliphatic heterocycles. The highest BCUT2D eigenvalue weighted by Gasteiger charge is 2.29. The fourth-order valence-corrected chi connectivity index (χ4v) is 5.81. The molecule has 1 saturated heterocycles. The topological polar surface area (TPSA) is 113 Å². The summed E-state index contributed by atoms with van der Waals surface area (Å²) in [6.07, 6.45) is 2.35. The van der Waals surface area contributed by atoms with Crippen LogP contribution in [-0.2, 0) is 25.9 Å². The summed E-state index contributed by atoms with van der Waals surface area (Å²) in [5.41, 5.74) is 1.95. The molecule has 14 heteroatoms. The number of anilines is 2. The number of hydrogen-bond acceptors (Lipinski definition) is 8. The van der Waals surface area contributed by atoms with Gasteiger partial charge < -0.3 is 14.8 Å². The molecule has 5 rings (SSSR count). The number of hydrogen-bond donors (Lipinski definition) is 1. The molecule has 214 valence electrons. The fourth-order valence-electron chi connectivity index (χ4n) is 4.76. The standard InChI is InChI=1S/C26H29ClF2N6O4S/c1-38-12-5-10-34-11-9-17(33-34)16-7-8-18(20(14-16)40(2,36)37)30-19-15-21(27)31-25-23(19)32-26(24(28)29)35(25)22-6-3-4-13-39-22/h7-9,11,14-15,22,24H,3-6,10,12-13H2,1-2H3,(H,30,31). The van der Waals surface area contributed by atoms with Gasteiger partial charge in [0, 0.05) is 51.0 Å².